The van der Waals surface area contributed by atoms with E-state index in [9.17, 15) is 4.79 Å². The first-order valence-electron chi connectivity index (χ1n) is 4.02. The molecule has 0 bridgehead atoms. The van der Waals surface area contributed by atoms with Crippen LogP contribution in [0.15, 0.2) is 12.5 Å². The van der Waals surface area contributed by atoms with E-state index in [1.165, 1.54) is 6.33 Å². The van der Waals surface area contributed by atoms with Gasteiger partial charge in [-0.15, -0.1) is 0 Å². The van der Waals surface area contributed by atoms with E-state index in [4.69, 9.17) is 4.74 Å². The zero-order chi connectivity index (χ0) is 8.81. The van der Waals surface area contributed by atoms with Crippen molar-refractivity contribution in [2.45, 2.75) is 26.2 Å². The highest BCUT2D eigenvalue weighted by Crippen LogP contribution is 2.04. The van der Waals surface area contributed by atoms with Gasteiger partial charge in [0.2, 0.25) is 5.88 Å². The number of rotatable bonds is 4. The van der Waals surface area contributed by atoms with Crippen LogP contribution in [-0.4, -0.2) is 15.9 Å². The van der Waals surface area contributed by atoms with Crippen molar-refractivity contribution in [3.63, 3.8) is 0 Å². The molecule has 1 rings (SSSR count). The largest absolute Gasteiger partial charge is 0.406 e. The number of hydrogen-bond donors (Lipinski definition) is 1. The Morgan fingerprint density at radius 3 is 3.17 bits per heavy atom. The highest BCUT2D eigenvalue weighted by atomic mass is 16.5. The lowest BCUT2D eigenvalue weighted by Gasteiger charge is -1.97. The summed E-state index contributed by atoms with van der Waals surface area (Å²) >= 11 is 0. The number of carbonyl (C=O) groups excluding carboxylic acids is 1. The summed E-state index contributed by atoms with van der Waals surface area (Å²) in [6, 6.07) is 0. The molecule has 4 nitrogen and oxygen atoms in total. The van der Waals surface area contributed by atoms with E-state index in [0.29, 0.717) is 12.3 Å². The van der Waals surface area contributed by atoms with Crippen LogP contribution in [0.2, 0.25) is 0 Å². The van der Waals surface area contributed by atoms with Crippen molar-refractivity contribution in [2.75, 3.05) is 0 Å². The molecule has 0 atom stereocenters. The Labute approximate surface area is 71.0 Å². The maximum atomic E-state index is 11.0. The molecule has 4 heteroatoms. The van der Waals surface area contributed by atoms with Crippen LogP contribution in [0.3, 0.4) is 0 Å². The zero-order valence-corrected chi connectivity index (χ0v) is 7.04. The number of nitrogens with one attached hydrogen (secondary N) is 1. The summed E-state index contributed by atoms with van der Waals surface area (Å²) < 4.78 is 4.88. The SMILES string of the molecule is CCCCC(=O)Oc1c[nH]cn1. The summed E-state index contributed by atoms with van der Waals surface area (Å²) in [6.07, 6.45) is 5.34. The number of carbonyl (C=O) groups is 1. The van der Waals surface area contributed by atoms with Crippen molar-refractivity contribution in [1.29, 1.82) is 0 Å². The van der Waals surface area contributed by atoms with Crippen LogP contribution in [-0.2, 0) is 4.79 Å². The minimum atomic E-state index is -0.219. The minimum absolute atomic E-state index is 0.219. The Balaban J connectivity index is 2.27. The van der Waals surface area contributed by atoms with Gasteiger partial charge in [-0.25, -0.2) is 4.98 Å². The molecule has 0 aliphatic heterocycles. The van der Waals surface area contributed by atoms with E-state index in [0.717, 1.165) is 12.8 Å². The topological polar surface area (TPSA) is 55.0 Å². The standard InChI is InChI=1S/C8H12N2O2/c1-2-3-4-8(11)12-7-5-9-6-10-7/h5-6H,2-4H2,1H3,(H,9,10). The van der Waals surface area contributed by atoms with Crippen LogP contribution in [0.25, 0.3) is 0 Å². The number of hydrogen-bond acceptors (Lipinski definition) is 3. The Morgan fingerprint density at radius 1 is 1.75 bits per heavy atom. The fraction of sp³-hybridized carbons (Fsp3) is 0.500. The number of imidazole rings is 1. The molecule has 0 saturated carbocycles. The molecular weight excluding hydrogens is 156 g/mol. The zero-order valence-electron chi connectivity index (χ0n) is 7.04. The van der Waals surface area contributed by atoms with E-state index in [1.807, 2.05) is 6.92 Å². The molecule has 1 N–H and O–H groups in total. The lowest BCUT2D eigenvalue weighted by molar-refractivity contribution is -0.134. The van der Waals surface area contributed by atoms with Crippen molar-refractivity contribution >= 4 is 5.97 Å². The van der Waals surface area contributed by atoms with Crippen molar-refractivity contribution in [1.82, 2.24) is 9.97 Å². The third-order valence-electron chi connectivity index (χ3n) is 1.43. The van der Waals surface area contributed by atoms with Gasteiger partial charge < -0.3 is 9.72 Å². The summed E-state index contributed by atoms with van der Waals surface area (Å²) in [5.74, 6) is 0.125. The maximum absolute atomic E-state index is 11.0. The summed E-state index contributed by atoms with van der Waals surface area (Å²) in [4.78, 5) is 17.5. The molecule has 1 heterocycles. The second-order valence-electron chi connectivity index (χ2n) is 2.49. The lowest BCUT2D eigenvalue weighted by atomic mass is 10.2. The van der Waals surface area contributed by atoms with Crippen molar-refractivity contribution in [2.24, 2.45) is 0 Å². The number of nitrogens with zero attached hydrogens (tertiary/aromatic N) is 1. The van der Waals surface area contributed by atoms with Gasteiger partial charge in [0.15, 0.2) is 0 Å². The third-order valence-corrected chi connectivity index (χ3v) is 1.43. The van der Waals surface area contributed by atoms with Crippen LogP contribution in [0.1, 0.15) is 26.2 Å². The fourth-order valence-electron chi connectivity index (χ4n) is 0.791. The Bertz CT molecular complexity index is 231. The van der Waals surface area contributed by atoms with Gasteiger partial charge in [0.25, 0.3) is 0 Å². The highest BCUT2D eigenvalue weighted by molar-refractivity contribution is 5.71. The molecule has 0 spiro atoms. The van der Waals surface area contributed by atoms with E-state index in [1.54, 1.807) is 6.20 Å². The summed E-state index contributed by atoms with van der Waals surface area (Å²) in [5.41, 5.74) is 0. The van der Waals surface area contributed by atoms with Gasteiger partial charge >= 0.3 is 5.97 Å². The molecule has 12 heavy (non-hydrogen) atoms. The average Bonchev–Trinajstić information content (AvgIpc) is 2.53. The molecular formula is C8H12N2O2. The first-order valence-corrected chi connectivity index (χ1v) is 4.02. The average molecular weight is 168 g/mol. The smallest absolute Gasteiger partial charge is 0.312 e. The quantitative estimate of drug-likeness (QED) is 0.693. The molecule has 1 aromatic heterocycles. The molecule has 0 amide bonds. The van der Waals surface area contributed by atoms with Crippen LogP contribution in [0.4, 0.5) is 0 Å². The van der Waals surface area contributed by atoms with Crippen LogP contribution >= 0.6 is 0 Å². The maximum Gasteiger partial charge on any atom is 0.312 e. The normalized spacial score (nSPS) is 9.75. The lowest BCUT2D eigenvalue weighted by Crippen LogP contribution is -2.07. The Kier molecular flexibility index (Phi) is 3.32. The van der Waals surface area contributed by atoms with Gasteiger partial charge in [0.05, 0.1) is 12.5 Å². The van der Waals surface area contributed by atoms with Gasteiger partial charge in [0, 0.05) is 6.42 Å². The molecule has 0 aliphatic carbocycles. The summed E-state index contributed by atoms with van der Waals surface area (Å²) in [7, 11) is 0. The second kappa shape index (κ2) is 4.54. The molecule has 66 valence electrons. The van der Waals surface area contributed by atoms with Gasteiger partial charge in [-0.3, -0.25) is 4.79 Å². The van der Waals surface area contributed by atoms with E-state index >= 15 is 0 Å². The monoisotopic (exact) mass is 168 g/mol. The summed E-state index contributed by atoms with van der Waals surface area (Å²) in [6.45, 7) is 2.03. The molecule has 0 fully saturated rings. The molecule has 0 saturated heterocycles. The number of aromatic amines is 1. The van der Waals surface area contributed by atoms with Gasteiger partial charge in [-0.05, 0) is 6.42 Å². The fourth-order valence-corrected chi connectivity index (χ4v) is 0.791. The van der Waals surface area contributed by atoms with Crippen molar-refractivity contribution in [3.05, 3.63) is 12.5 Å². The molecule has 0 unspecified atom stereocenters. The van der Waals surface area contributed by atoms with Crippen LogP contribution < -0.4 is 4.74 Å². The Morgan fingerprint density at radius 2 is 2.58 bits per heavy atom. The third kappa shape index (κ3) is 2.74. The molecule has 0 radical (unpaired) electrons. The molecule has 1 aromatic rings. The highest BCUT2D eigenvalue weighted by Gasteiger charge is 2.04. The number of ether oxygens (including phenoxy) is 1. The van der Waals surface area contributed by atoms with E-state index in [2.05, 4.69) is 9.97 Å². The van der Waals surface area contributed by atoms with Crippen molar-refractivity contribution < 1.29 is 9.53 Å². The number of unbranched alkanes of at least 4 members (excludes halogenated alkanes) is 1. The molecule has 0 aliphatic rings. The van der Waals surface area contributed by atoms with Crippen LogP contribution in [0.5, 0.6) is 5.88 Å². The Hall–Kier alpha value is -1.32. The number of esters is 1. The molecule has 0 aromatic carbocycles. The minimum Gasteiger partial charge on any atom is -0.406 e. The van der Waals surface area contributed by atoms with Gasteiger partial charge in [0.1, 0.15) is 0 Å². The number of aromatic nitrogens is 2. The van der Waals surface area contributed by atoms with Crippen LogP contribution in [0, 0.1) is 0 Å². The first-order chi connectivity index (χ1) is 5.83. The predicted molar refractivity (Wildman–Crippen MR) is 43.7 cm³/mol. The predicted octanol–water partition coefficient (Wildman–Crippen LogP) is 1.51. The second-order valence-corrected chi connectivity index (χ2v) is 2.49. The van der Waals surface area contributed by atoms with Gasteiger partial charge in [-0.1, -0.05) is 13.3 Å². The van der Waals surface area contributed by atoms with E-state index < -0.39 is 0 Å². The first kappa shape index (κ1) is 8.77. The van der Waals surface area contributed by atoms with Gasteiger partial charge in [-0.2, -0.15) is 0 Å². The van der Waals surface area contributed by atoms with Crippen molar-refractivity contribution in [3.8, 4) is 5.88 Å². The summed E-state index contributed by atoms with van der Waals surface area (Å²) in [5, 5.41) is 0. The number of H-pyrrole nitrogens is 1. The van der Waals surface area contributed by atoms with E-state index in [-0.39, 0.29) is 5.97 Å².